The molecule has 0 aliphatic carbocycles. The topological polar surface area (TPSA) is 64.9 Å². The highest BCUT2D eigenvalue weighted by atomic mass is 19.4. The van der Waals surface area contributed by atoms with Crippen LogP contribution in [0, 0.1) is 0 Å². The summed E-state index contributed by atoms with van der Waals surface area (Å²) in [5, 5.41) is 14.8. The van der Waals surface area contributed by atoms with Crippen LogP contribution in [0.15, 0.2) is 48.5 Å². The zero-order valence-corrected chi connectivity index (χ0v) is 14.2. The number of para-hydroxylation sites is 1. The van der Waals surface area contributed by atoms with E-state index in [1.165, 1.54) is 12.1 Å². The summed E-state index contributed by atoms with van der Waals surface area (Å²) in [5.74, 6) is 0.229. The predicted molar refractivity (Wildman–Crippen MR) is 89.9 cm³/mol. The minimum Gasteiger partial charge on any atom is -0.355 e. The van der Waals surface area contributed by atoms with Crippen molar-refractivity contribution in [3.05, 3.63) is 54.1 Å². The molecule has 11 heteroatoms. The van der Waals surface area contributed by atoms with Gasteiger partial charge >= 0.3 is 12.8 Å². The third-order valence-corrected chi connectivity index (χ3v) is 3.65. The number of aromatic nitrogens is 4. The van der Waals surface area contributed by atoms with Gasteiger partial charge in [-0.05, 0) is 41.6 Å². The number of tetrazole rings is 1. The minimum atomic E-state index is -4.41. The summed E-state index contributed by atoms with van der Waals surface area (Å²) in [7, 11) is 0. The van der Waals surface area contributed by atoms with Crippen molar-refractivity contribution in [2.24, 2.45) is 0 Å². The monoisotopic (exact) mass is 399 g/mol. The van der Waals surface area contributed by atoms with Gasteiger partial charge in [0, 0.05) is 16.9 Å². The van der Waals surface area contributed by atoms with Crippen LogP contribution in [-0.4, -0.2) is 33.4 Å². The van der Waals surface area contributed by atoms with Crippen LogP contribution in [0.2, 0.25) is 0 Å². The van der Waals surface area contributed by atoms with Gasteiger partial charge in [0.05, 0.1) is 18.7 Å². The van der Waals surface area contributed by atoms with Gasteiger partial charge in [-0.3, -0.25) is 0 Å². The fourth-order valence-electron chi connectivity index (χ4n) is 2.35. The van der Waals surface area contributed by atoms with Crippen LogP contribution in [0.25, 0.3) is 11.4 Å². The summed E-state index contributed by atoms with van der Waals surface area (Å²) in [5.41, 5.74) is 0.786. The van der Waals surface area contributed by atoms with Gasteiger partial charge in [0.2, 0.25) is 5.82 Å². The van der Waals surface area contributed by atoms with Crippen LogP contribution in [0.1, 0.15) is 5.56 Å². The third-order valence-electron chi connectivity index (χ3n) is 3.65. The number of alkyl halides is 5. The molecule has 0 atom stereocenters. The molecule has 0 fully saturated rings. The average Bonchev–Trinajstić information content (AvgIpc) is 3.10. The van der Waals surface area contributed by atoms with Crippen molar-refractivity contribution < 1.29 is 26.7 Å². The number of anilines is 2. The molecule has 3 aromatic rings. The molecule has 0 amide bonds. The lowest BCUT2D eigenvalue weighted by atomic mass is 10.1. The van der Waals surface area contributed by atoms with Gasteiger partial charge in [-0.25, -0.2) is 0 Å². The zero-order chi connectivity index (χ0) is 20.1. The van der Waals surface area contributed by atoms with E-state index in [9.17, 15) is 22.0 Å². The Labute approximate surface area is 155 Å². The first-order valence-corrected chi connectivity index (χ1v) is 8.04. The van der Waals surface area contributed by atoms with E-state index in [4.69, 9.17) is 0 Å². The van der Waals surface area contributed by atoms with Gasteiger partial charge in [0.1, 0.15) is 0 Å². The molecule has 3 rings (SSSR count). The Bertz CT molecular complexity index is 911. The minimum absolute atomic E-state index is 0.00810. The molecule has 1 aromatic heterocycles. The molecule has 0 aliphatic heterocycles. The first-order valence-electron chi connectivity index (χ1n) is 8.04. The average molecular weight is 399 g/mol. The molecule has 28 heavy (non-hydrogen) atoms. The number of halogens is 5. The molecule has 148 valence electrons. The van der Waals surface area contributed by atoms with Crippen molar-refractivity contribution in [1.29, 1.82) is 0 Å². The van der Waals surface area contributed by atoms with Crippen molar-refractivity contribution in [2.75, 3.05) is 11.9 Å². The number of hydrogen-bond acceptors (Lipinski definition) is 5. The van der Waals surface area contributed by atoms with Gasteiger partial charge in [0.25, 0.3) is 0 Å². The molecule has 1 heterocycles. The van der Waals surface area contributed by atoms with E-state index in [1.54, 1.807) is 24.3 Å². The van der Waals surface area contributed by atoms with Crippen LogP contribution < -0.4 is 5.32 Å². The van der Waals surface area contributed by atoms with E-state index in [0.29, 0.717) is 16.9 Å². The highest BCUT2D eigenvalue weighted by Crippen LogP contribution is 2.32. The molecule has 0 spiro atoms. The quantitative estimate of drug-likeness (QED) is 0.599. The molecular weight excluding hydrogens is 385 g/mol. The molecule has 0 radical (unpaired) electrons. The molecule has 1 N–H and O–H groups in total. The van der Waals surface area contributed by atoms with Gasteiger partial charge in [-0.15, -0.1) is 10.2 Å². The molecule has 2 aromatic carbocycles. The van der Waals surface area contributed by atoms with E-state index in [1.807, 2.05) is 0 Å². The number of hydrogen-bond donors (Lipinski definition) is 1. The van der Waals surface area contributed by atoms with Crippen molar-refractivity contribution in [3.63, 3.8) is 0 Å². The maximum atomic E-state index is 12.7. The molecule has 6 nitrogen and oxygen atoms in total. The molecule has 0 unspecified atom stereocenters. The number of benzene rings is 2. The maximum Gasteiger partial charge on any atom is 0.416 e. The fourth-order valence-corrected chi connectivity index (χ4v) is 2.35. The van der Waals surface area contributed by atoms with Crippen LogP contribution in [-0.2, 0) is 17.5 Å². The van der Waals surface area contributed by atoms with E-state index < -0.39 is 18.4 Å². The summed E-state index contributed by atoms with van der Waals surface area (Å²) in [6, 6.07) is 11.4. The zero-order valence-electron chi connectivity index (χ0n) is 14.2. The van der Waals surface area contributed by atoms with Gasteiger partial charge in [0.15, 0.2) is 0 Å². The third kappa shape index (κ3) is 5.00. The Morgan fingerprint density at radius 1 is 1.04 bits per heavy atom. The number of ether oxygens (including phenoxy) is 1. The molecular formula is C17H14F5N5O. The lowest BCUT2D eigenvalue weighted by Gasteiger charge is -2.11. The van der Waals surface area contributed by atoms with E-state index in [-0.39, 0.29) is 19.0 Å². The maximum absolute atomic E-state index is 12.7. The Kier molecular flexibility index (Phi) is 5.83. The predicted octanol–water partition coefficient (Wildman–Crippen LogP) is 4.34. The normalized spacial score (nSPS) is 11.8. The first-order chi connectivity index (χ1) is 13.3. The lowest BCUT2D eigenvalue weighted by Crippen LogP contribution is -2.11. The summed E-state index contributed by atoms with van der Waals surface area (Å²) in [6.07, 6.45) is -4.41. The summed E-state index contributed by atoms with van der Waals surface area (Å²) < 4.78 is 66.2. The number of nitrogens with zero attached hydrogens (tertiary/aromatic N) is 4. The second kappa shape index (κ2) is 8.30. The Morgan fingerprint density at radius 2 is 1.75 bits per heavy atom. The SMILES string of the molecule is FC(F)OCCn1nnc(-c2ccccc2Nc2ccc(C(F)(F)F)cc2)n1. The Hall–Kier alpha value is -3.08. The van der Waals surface area contributed by atoms with Gasteiger partial charge < -0.3 is 10.1 Å². The summed E-state index contributed by atoms with van der Waals surface area (Å²) in [4.78, 5) is 1.12. The van der Waals surface area contributed by atoms with Gasteiger partial charge in [-0.1, -0.05) is 12.1 Å². The fraction of sp³-hybridized carbons (Fsp3) is 0.235. The van der Waals surface area contributed by atoms with Crippen LogP contribution >= 0.6 is 0 Å². The first kappa shape index (κ1) is 19.7. The van der Waals surface area contributed by atoms with E-state index in [0.717, 1.165) is 16.9 Å². The Morgan fingerprint density at radius 3 is 2.43 bits per heavy atom. The van der Waals surface area contributed by atoms with Crippen LogP contribution in [0.3, 0.4) is 0 Å². The highest BCUT2D eigenvalue weighted by molar-refractivity contribution is 5.77. The van der Waals surface area contributed by atoms with Crippen molar-refractivity contribution >= 4 is 11.4 Å². The summed E-state index contributed by atoms with van der Waals surface area (Å²) in [6.45, 7) is -3.17. The summed E-state index contributed by atoms with van der Waals surface area (Å²) >= 11 is 0. The van der Waals surface area contributed by atoms with Crippen LogP contribution in [0.4, 0.5) is 33.3 Å². The standard InChI is InChI=1S/C17H14F5N5O/c18-16(19)28-10-9-27-25-15(24-26-27)13-3-1-2-4-14(13)23-12-7-5-11(6-8-12)17(20,21)22/h1-8,16,23H,9-10H2. The molecule has 0 saturated heterocycles. The Balaban J connectivity index is 1.76. The van der Waals surface area contributed by atoms with Crippen molar-refractivity contribution in [3.8, 4) is 11.4 Å². The van der Waals surface area contributed by atoms with E-state index >= 15 is 0 Å². The lowest BCUT2D eigenvalue weighted by molar-refractivity contribution is -0.137. The number of rotatable bonds is 7. The largest absolute Gasteiger partial charge is 0.416 e. The second-order valence-electron chi connectivity index (χ2n) is 5.59. The second-order valence-corrected chi connectivity index (χ2v) is 5.59. The molecule has 0 aliphatic rings. The van der Waals surface area contributed by atoms with Crippen molar-refractivity contribution in [1.82, 2.24) is 20.2 Å². The highest BCUT2D eigenvalue weighted by Gasteiger charge is 2.29. The van der Waals surface area contributed by atoms with Crippen molar-refractivity contribution in [2.45, 2.75) is 19.3 Å². The van der Waals surface area contributed by atoms with Crippen LogP contribution in [0.5, 0.6) is 0 Å². The molecule has 0 bridgehead atoms. The van der Waals surface area contributed by atoms with E-state index in [2.05, 4.69) is 25.5 Å². The van der Waals surface area contributed by atoms with Gasteiger partial charge in [-0.2, -0.15) is 26.7 Å². The number of nitrogens with one attached hydrogen (secondary N) is 1. The smallest absolute Gasteiger partial charge is 0.355 e. The molecule has 0 saturated carbocycles.